The molecule has 18 heavy (non-hydrogen) atoms. The lowest BCUT2D eigenvalue weighted by atomic mass is 9.88. The standard InChI is InChI=1S/C14H22ClFN2/c1-3-7-14(10-17,8-4-2)18-13-9-11(16)5-6-12(13)15/h5-6,9,18H,3-4,7-8,10,17H2,1-2H3. The molecule has 0 fully saturated rings. The Morgan fingerprint density at radius 3 is 2.39 bits per heavy atom. The summed E-state index contributed by atoms with van der Waals surface area (Å²) in [7, 11) is 0. The van der Waals surface area contributed by atoms with Gasteiger partial charge in [0.05, 0.1) is 10.7 Å². The van der Waals surface area contributed by atoms with Gasteiger partial charge in [0.25, 0.3) is 0 Å². The van der Waals surface area contributed by atoms with Crippen LogP contribution in [0.4, 0.5) is 10.1 Å². The van der Waals surface area contributed by atoms with Crippen molar-refractivity contribution in [2.24, 2.45) is 5.73 Å². The molecule has 0 saturated heterocycles. The summed E-state index contributed by atoms with van der Waals surface area (Å²) in [5, 5.41) is 3.89. The first-order valence-electron chi connectivity index (χ1n) is 6.50. The van der Waals surface area contributed by atoms with E-state index < -0.39 is 0 Å². The Morgan fingerprint density at radius 2 is 1.89 bits per heavy atom. The summed E-state index contributed by atoms with van der Waals surface area (Å²) in [5.74, 6) is -0.291. The van der Waals surface area contributed by atoms with Crippen LogP contribution in [0.15, 0.2) is 18.2 Å². The van der Waals surface area contributed by atoms with Gasteiger partial charge in [-0.05, 0) is 31.0 Å². The molecule has 4 heteroatoms. The number of benzene rings is 1. The van der Waals surface area contributed by atoms with Crippen LogP contribution >= 0.6 is 11.6 Å². The van der Waals surface area contributed by atoms with Gasteiger partial charge in [0.15, 0.2) is 0 Å². The normalized spacial score (nSPS) is 11.6. The number of halogens is 2. The smallest absolute Gasteiger partial charge is 0.125 e. The number of hydrogen-bond donors (Lipinski definition) is 2. The lowest BCUT2D eigenvalue weighted by Crippen LogP contribution is -2.45. The quantitative estimate of drug-likeness (QED) is 0.781. The van der Waals surface area contributed by atoms with Gasteiger partial charge in [-0.25, -0.2) is 4.39 Å². The SMILES string of the molecule is CCCC(CN)(CCC)Nc1cc(F)ccc1Cl. The lowest BCUT2D eigenvalue weighted by Gasteiger charge is -2.35. The summed E-state index contributed by atoms with van der Waals surface area (Å²) in [5.41, 5.74) is 6.35. The zero-order valence-corrected chi connectivity index (χ0v) is 11.9. The van der Waals surface area contributed by atoms with Gasteiger partial charge in [0, 0.05) is 12.1 Å². The molecule has 0 aliphatic rings. The van der Waals surface area contributed by atoms with Crippen molar-refractivity contribution in [1.82, 2.24) is 0 Å². The second-order valence-electron chi connectivity index (χ2n) is 4.73. The highest BCUT2D eigenvalue weighted by molar-refractivity contribution is 6.33. The van der Waals surface area contributed by atoms with E-state index in [1.807, 2.05) is 0 Å². The molecule has 102 valence electrons. The third kappa shape index (κ3) is 3.85. The molecule has 0 aromatic heterocycles. The molecule has 0 atom stereocenters. The van der Waals surface area contributed by atoms with Crippen LogP contribution in [0.2, 0.25) is 5.02 Å². The first kappa shape index (κ1) is 15.3. The molecule has 0 heterocycles. The number of nitrogens with one attached hydrogen (secondary N) is 1. The van der Waals surface area contributed by atoms with Crippen LogP contribution in [0.25, 0.3) is 0 Å². The number of nitrogens with two attached hydrogens (primary N) is 1. The van der Waals surface area contributed by atoms with E-state index in [9.17, 15) is 4.39 Å². The van der Waals surface area contributed by atoms with Gasteiger partial charge in [0.2, 0.25) is 0 Å². The Balaban J connectivity index is 2.97. The fourth-order valence-electron chi connectivity index (χ4n) is 2.34. The summed E-state index contributed by atoms with van der Waals surface area (Å²) < 4.78 is 13.3. The Bertz CT molecular complexity index is 376. The largest absolute Gasteiger partial charge is 0.377 e. The molecule has 1 aromatic rings. The molecule has 0 aliphatic carbocycles. The second kappa shape index (κ2) is 6.95. The predicted octanol–water partition coefficient (Wildman–Crippen LogP) is 4.19. The zero-order chi connectivity index (χ0) is 13.6. The van der Waals surface area contributed by atoms with Crippen LogP contribution < -0.4 is 11.1 Å². The van der Waals surface area contributed by atoms with E-state index in [4.69, 9.17) is 17.3 Å². The Labute approximate surface area is 114 Å². The van der Waals surface area contributed by atoms with Crippen LogP contribution in [0.1, 0.15) is 39.5 Å². The molecular weight excluding hydrogens is 251 g/mol. The van der Waals surface area contributed by atoms with Crippen molar-refractivity contribution in [1.29, 1.82) is 0 Å². The predicted molar refractivity (Wildman–Crippen MR) is 76.6 cm³/mol. The van der Waals surface area contributed by atoms with Gasteiger partial charge in [-0.2, -0.15) is 0 Å². The van der Waals surface area contributed by atoms with Crippen LogP contribution in [0, 0.1) is 5.82 Å². The van der Waals surface area contributed by atoms with Crippen LogP contribution in [-0.2, 0) is 0 Å². The lowest BCUT2D eigenvalue weighted by molar-refractivity contribution is 0.401. The van der Waals surface area contributed by atoms with E-state index in [2.05, 4.69) is 19.2 Å². The van der Waals surface area contributed by atoms with E-state index in [0.717, 1.165) is 25.7 Å². The number of hydrogen-bond acceptors (Lipinski definition) is 2. The molecule has 0 aliphatic heterocycles. The van der Waals surface area contributed by atoms with Crippen molar-refractivity contribution in [3.05, 3.63) is 29.0 Å². The Kier molecular flexibility index (Phi) is 5.89. The summed E-state index contributed by atoms with van der Waals surface area (Å²) in [4.78, 5) is 0. The van der Waals surface area contributed by atoms with Gasteiger partial charge < -0.3 is 11.1 Å². The molecule has 1 rings (SSSR count). The van der Waals surface area contributed by atoms with Gasteiger partial charge in [-0.15, -0.1) is 0 Å². The molecule has 0 amide bonds. The highest BCUT2D eigenvalue weighted by Gasteiger charge is 2.27. The zero-order valence-electron chi connectivity index (χ0n) is 11.1. The van der Waals surface area contributed by atoms with E-state index >= 15 is 0 Å². The highest BCUT2D eigenvalue weighted by atomic mass is 35.5. The van der Waals surface area contributed by atoms with E-state index in [0.29, 0.717) is 17.3 Å². The van der Waals surface area contributed by atoms with E-state index in [-0.39, 0.29) is 11.4 Å². The first-order valence-corrected chi connectivity index (χ1v) is 6.88. The Hall–Kier alpha value is -0.800. The maximum absolute atomic E-state index is 13.3. The molecule has 0 saturated carbocycles. The average molecular weight is 273 g/mol. The highest BCUT2D eigenvalue weighted by Crippen LogP contribution is 2.29. The van der Waals surface area contributed by atoms with Crippen molar-refractivity contribution in [3.8, 4) is 0 Å². The third-order valence-electron chi connectivity index (χ3n) is 3.18. The third-order valence-corrected chi connectivity index (χ3v) is 3.51. The molecule has 0 spiro atoms. The number of rotatable bonds is 7. The summed E-state index contributed by atoms with van der Waals surface area (Å²) in [6.45, 7) is 4.76. The van der Waals surface area contributed by atoms with Gasteiger partial charge in [-0.3, -0.25) is 0 Å². The monoisotopic (exact) mass is 272 g/mol. The molecule has 2 nitrogen and oxygen atoms in total. The summed E-state index contributed by atoms with van der Waals surface area (Å²) >= 11 is 6.09. The van der Waals surface area contributed by atoms with Crippen LogP contribution in [0.3, 0.4) is 0 Å². The minimum Gasteiger partial charge on any atom is -0.377 e. The van der Waals surface area contributed by atoms with Crippen molar-refractivity contribution < 1.29 is 4.39 Å². The minimum atomic E-state index is -0.291. The molecule has 3 N–H and O–H groups in total. The fourth-order valence-corrected chi connectivity index (χ4v) is 2.51. The number of anilines is 1. The fraction of sp³-hybridized carbons (Fsp3) is 0.571. The van der Waals surface area contributed by atoms with Gasteiger partial charge >= 0.3 is 0 Å². The van der Waals surface area contributed by atoms with Crippen molar-refractivity contribution in [2.45, 2.75) is 45.1 Å². The Morgan fingerprint density at radius 1 is 1.28 bits per heavy atom. The van der Waals surface area contributed by atoms with Crippen molar-refractivity contribution in [2.75, 3.05) is 11.9 Å². The maximum atomic E-state index is 13.3. The molecule has 0 unspecified atom stereocenters. The van der Waals surface area contributed by atoms with Gasteiger partial charge in [0.1, 0.15) is 5.82 Å². The molecule has 0 bridgehead atoms. The van der Waals surface area contributed by atoms with Crippen molar-refractivity contribution >= 4 is 17.3 Å². The van der Waals surface area contributed by atoms with Crippen LogP contribution in [-0.4, -0.2) is 12.1 Å². The van der Waals surface area contributed by atoms with Crippen molar-refractivity contribution in [3.63, 3.8) is 0 Å². The summed E-state index contributed by atoms with van der Waals surface area (Å²) in [6, 6.07) is 4.35. The minimum absolute atomic E-state index is 0.194. The topological polar surface area (TPSA) is 38.0 Å². The first-order chi connectivity index (χ1) is 8.56. The van der Waals surface area contributed by atoms with E-state index in [1.165, 1.54) is 12.1 Å². The maximum Gasteiger partial charge on any atom is 0.125 e. The van der Waals surface area contributed by atoms with E-state index in [1.54, 1.807) is 6.07 Å². The molecule has 0 radical (unpaired) electrons. The molecule has 1 aromatic carbocycles. The van der Waals surface area contributed by atoms with Crippen LogP contribution in [0.5, 0.6) is 0 Å². The average Bonchev–Trinajstić information content (AvgIpc) is 2.34. The van der Waals surface area contributed by atoms with Gasteiger partial charge in [-0.1, -0.05) is 38.3 Å². The second-order valence-corrected chi connectivity index (χ2v) is 5.14. The molecular formula is C14H22ClFN2. The summed E-state index contributed by atoms with van der Waals surface area (Å²) in [6.07, 6.45) is 3.95.